The molecule has 0 atom stereocenters. The van der Waals surface area contributed by atoms with Crippen LogP contribution in [0.4, 0.5) is 23.7 Å². The Morgan fingerprint density at radius 1 is 1.17 bits per heavy atom. The number of carbonyl (C=O) groups is 2. The van der Waals surface area contributed by atoms with E-state index in [9.17, 15) is 22.8 Å². The van der Waals surface area contributed by atoms with Gasteiger partial charge in [-0.2, -0.15) is 0 Å². The molecule has 2 aliphatic rings. The molecule has 0 unspecified atom stereocenters. The summed E-state index contributed by atoms with van der Waals surface area (Å²) in [6.07, 6.45) is -3.98. The summed E-state index contributed by atoms with van der Waals surface area (Å²) in [7, 11) is 2.00. The van der Waals surface area contributed by atoms with Gasteiger partial charge in [0.05, 0.1) is 0 Å². The van der Waals surface area contributed by atoms with Gasteiger partial charge in [-0.15, -0.1) is 13.2 Å². The number of nitrogens with zero attached hydrogens (tertiary/aromatic N) is 3. The normalized spacial score (nSPS) is 16.4. The van der Waals surface area contributed by atoms with Gasteiger partial charge in [-0.25, -0.2) is 4.79 Å². The molecule has 10 heteroatoms. The number of halogens is 3. The second-order valence-electron chi connectivity index (χ2n) is 9.24. The van der Waals surface area contributed by atoms with Crippen LogP contribution < -0.4 is 9.64 Å². The second-order valence-corrected chi connectivity index (χ2v) is 9.24. The molecule has 1 saturated heterocycles. The van der Waals surface area contributed by atoms with Gasteiger partial charge in [0.15, 0.2) is 0 Å². The van der Waals surface area contributed by atoms with Crippen molar-refractivity contribution in [2.75, 3.05) is 31.6 Å². The molecule has 1 N–H and O–H groups in total. The first-order chi connectivity index (χ1) is 16.5. The minimum atomic E-state index is -4.74. The summed E-state index contributed by atoms with van der Waals surface area (Å²) in [6.45, 7) is 4.51. The third-order valence-corrected chi connectivity index (χ3v) is 6.65. The number of hydrogen-bond acceptors (Lipinski definition) is 4. The van der Waals surface area contributed by atoms with Crippen molar-refractivity contribution < 1.29 is 32.6 Å². The number of fused-ring (bicyclic) bond motifs is 1. The molecule has 0 radical (unpaired) electrons. The number of rotatable bonds is 6. The number of carbonyl (C=O) groups excluding carboxylic acids is 1. The molecule has 1 fully saturated rings. The largest absolute Gasteiger partial charge is 0.573 e. The van der Waals surface area contributed by atoms with Crippen LogP contribution in [0, 0.1) is 12.8 Å². The minimum Gasteiger partial charge on any atom is -0.465 e. The van der Waals surface area contributed by atoms with E-state index in [4.69, 9.17) is 5.11 Å². The number of benzene rings is 2. The van der Waals surface area contributed by atoms with E-state index in [1.54, 1.807) is 4.90 Å². The second kappa shape index (κ2) is 9.67. The number of carboxylic acid groups (broad SMARTS) is 1. The number of hydrogen-bond donors (Lipinski definition) is 1. The van der Waals surface area contributed by atoms with Crippen molar-refractivity contribution in [3.63, 3.8) is 0 Å². The maximum Gasteiger partial charge on any atom is 0.573 e. The fraction of sp³-hybridized carbons (Fsp3) is 0.440. The molecule has 35 heavy (non-hydrogen) atoms. The molecule has 0 aromatic heterocycles. The highest BCUT2D eigenvalue weighted by Gasteiger charge is 2.32. The topological polar surface area (TPSA) is 73.3 Å². The summed E-state index contributed by atoms with van der Waals surface area (Å²) in [5, 5.41) is 9.13. The Labute approximate surface area is 201 Å². The predicted octanol–water partition coefficient (Wildman–Crippen LogP) is 4.88. The van der Waals surface area contributed by atoms with E-state index in [2.05, 4.69) is 9.64 Å². The van der Waals surface area contributed by atoms with Gasteiger partial charge >= 0.3 is 12.5 Å². The zero-order chi connectivity index (χ0) is 25.3. The smallest absolute Gasteiger partial charge is 0.465 e. The highest BCUT2D eigenvalue weighted by molar-refractivity contribution is 6.00. The summed E-state index contributed by atoms with van der Waals surface area (Å²) < 4.78 is 41.0. The highest BCUT2D eigenvalue weighted by Crippen LogP contribution is 2.32. The molecule has 2 aliphatic heterocycles. The van der Waals surface area contributed by atoms with Crippen molar-refractivity contribution in [1.82, 2.24) is 9.80 Å². The number of anilines is 1. The van der Waals surface area contributed by atoms with Crippen LogP contribution in [0.1, 0.15) is 39.9 Å². The molecular formula is C25H28F3N3O4. The van der Waals surface area contributed by atoms with E-state index < -0.39 is 12.5 Å². The fourth-order valence-corrected chi connectivity index (χ4v) is 4.87. The average molecular weight is 492 g/mol. The molecule has 188 valence electrons. The van der Waals surface area contributed by atoms with E-state index in [0.717, 1.165) is 36.2 Å². The van der Waals surface area contributed by atoms with Crippen molar-refractivity contribution in [2.45, 2.75) is 39.2 Å². The molecule has 2 aromatic carbocycles. The summed E-state index contributed by atoms with van der Waals surface area (Å²) in [5.74, 6) is 0.00407. The molecule has 2 aromatic rings. The summed E-state index contributed by atoms with van der Waals surface area (Å²) in [4.78, 5) is 29.5. The fourth-order valence-electron chi connectivity index (χ4n) is 4.87. The Hall–Kier alpha value is -3.43. The molecule has 7 nitrogen and oxygen atoms in total. The predicted molar refractivity (Wildman–Crippen MR) is 123 cm³/mol. The zero-order valence-electron chi connectivity index (χ0n) is 19.6. The number of piperidine rings is 1. The van der Waals surface area contributed by atoms with Gasteiger partial charge < -0.3 is 24.5 Å². The van der Waals surface area contributed by atoms with Crippen molar-refractivity contribution in [2.24, 2.45) is 5.92 Å². The standard InChI is InChI=1S/C25H28F3N3O4/c1-16-11-20(29(2)13-18-7-9-30(10-8-18)24(33)34)12-19-15-31(23(32)22(16)19)14-17-3-5-21(6-4-17)35-25(26,27)28/h3-6,11-12,18H,7-10,13-15H2,1-2H3,(H,33,34). The average Bonchev–Trinajstić information content (AvgIpc) is 3.10. The van der Waals surface area contributed by atoms with Gasteiger partial charge in [0, 0.05) is 51.0 Å². The van der Waals surface area contributed by atoms with Crippen molar-refractivity contribution in [3.05, 3.63) is 58.7 Å². The lowest BCUT2D eigenvalue weighted by Crippen LogP contribution is -2.40. The van der Waals surface area contributed by atoms with Crippen LogP contribution in [0.2, 0.25) is 0 Å². The Bertz CT molecular complexity index is 1100. The van der Waals surface area contributed by atoms with Crippen molar-refractivity contribution in [1.29, 1.82) is 0 Å². The summed E-state index contributed by atoms with van der Waals surface area (Å²) >= 11 is 0. The van der Waals surface area contributed by atoms with E-state index in [1.807, 2.05) is 26.1 Å². The lowest BCUT2D eigenvalue weighted by Gasteiger charge is -2.33. The molecule has 4 rings (SSSR count). The van der Waals surface area contributed by atoms with Crippen LogP contribution in [0.15, 0.2) is 36.4 Å². The Balaban J connectivity index is 1.40. The van der Waals surface area contributed by atoms with Gasteiger partial charge in [-0.3, -0.25) is 4.79 Å². The van der Waals surface area contributed by atoms with Gasteiger partial charge in [0.2, 0.25) is 0 Å². The maximum atomic E-state index is 13.0. The molecule has 0 spiro atoms. The molecular weight excluding hydrogens is 463 g/mol. The Kier molecular flexibility index (Phi) is 6.82. The SMILES string of the molecule is Cc1cc(N(C)CC2CCN(C(=O)O)CC2)cc2c1C(=O)N(Cc1ccc(OC(F)(F)F)cc1)C2. The molecule has 0 saturated carbocycles. The number of amides is 2. The maximum absolute atomic E-state index is 13.0. The van der Waals surface area contributed by atoms with Crippen LogP contribution >= 0.6 is 0 Å². The molecule has 2 amide bonds. The first-order valence-electron chi connectivity index (χ1n) is 11.5. The monoisotopic (exact) mass is 491 g/mol. The number of alkyl halides is 3. The third-order valence-electron chi connectivity index (χ3n) is 6.65. The third kappa shape index (κ3) is 5.80. The highest BCUT2D eigenvalue weighted by atomic mass is 19.4. The lowest BCUT2D eigenvalue weighted by molar-refractivity contribution is -0.274. The van der Waals surface area contributed by atoms with Gasteiger partial charge in [-0.05, 0) is 66.6 Å². The summed E-state index contributed by atoms with van der Waals surface area (Å²) in [6, 6.07) is 9.56. The molecule has 0 bridgehead atoms. The molecule has 0 aliphatic carbocycles. The number of ether oxygens (including phenoxy) is 1. The van der Waals surface area contributed by atoms with Crippen molar-refractivity contribution in [3.8, 4) is 5.75 Å². The van der Waals surface area contributed by atoms with Crippen LogP contribution in [0.25, 0.3) is 0 Å². The van der Waals surface area contributed by atoms with E-state index >= 15 is 0 Å². The van der Waals surface area contributed by atoms with Gasteiger partial charge in [-0.1, -0.05) is 12.1 Å². The van der Waals surface area contributed by atoms with E-state index in [1.165, 1.54) is 29.2 Å². The van der Waals surface area contributed by atoms with Gasteiger partial charge in [0.25, 0.3) is 5.91 Å². The molecule has 2 heterocycles. The first kappa shape index (κ1) is 24.7. The van der Waals surface area contributed by atoms with Crippen LogP contribution in [0.5, 0.6) is 5.75 Å². The quantitative estimate of drug-likeness (QED) is 0.624. The van der Waals surface area contributed by atoms with Gasteiger partial charge in [0.1, 0.15) is 5.75 Å². The lowest BCUT2D eigenvalue weighted by atomic mass is 9.96. The number of aryl methyl sites for hydroxylation is 1. The van der Waals surface area contributed by atoms with Crippen LogP contribution in [0.3, 0.4) is 0 Å². The van der Waals surface area contributed by atoms with Crippen LogP contribution in [-0.4, -0.2) is 60.0 Å². The zero-order valence-corrected chi connectivity index (χ0v) is 19.6. The van der Waals surface area contributed by atoms with E-state index in [-0.39, 0.29) is 18.2 Å². The number of likely N-dealkylation sites (tertiary alicyclic amines) is 1. The van der Waals surface area contributed by atoms with Crippen LogP contribution in [-0.2, 0) is 13.1 Å². The van der Waals surface area contributed by atoms with Crippen molar-refractivity contribution >= 4 is 17.7 Å². The minimum absolute atomic E-state index is 0.0941. The first-order valence-corrected chi connectivity index (χ1v) is 11.5. The van der Waals surface area contributed by atoms with E-state index in [0.29, 0.717) is 36.7 Å². The Morgan fingerprint density at radius 2 is 1.83 bits per heavy atom. The summed E-state index contributed by atoms with van der Waals surface area (Å²) in [5.41, 5.74) is 4.20. The Morgan fingerprint density at radius 3 is 2.43 bits per heavy atom.